The van der Waals surface area contributed by atoms with Crippen molar-refractivity contribution in [1.29, 1.82) is 0 Å². The van der Waals surface area contributed by atoms with Crippen LogP contribution in [-0.2, 0) is 25.7 Å². The van der Waals surface area contributed by atoms with E-state index in [1.54, 1.807) is 11.3 Å². The van der Waals surface area contributed by atoms with Gasteiger partial charge in [-0.1, -0.05) is 54.9 Å². The second-order valence-corrected chi connectivity index (χ2v) is 7.58. The van der Waals surface area contributed by atoms with Gasteiger partial charge in [-0.15, -0.1) is 11.3 Å². The second kappa shape index (κ2) is 10.6. The molecule has 0 fully saturated rings. The van der Waals surface area contributed by atoms with E-state index < -0.39 is 5.97 Å². The molecule has 0 atom stereocenters. The third-order valence-electron chi connectivity index (χ3n) is 4.57. The van der Waals surface area contributed by atoms with Crippen LogP contribution in [-0.4, -0.2) is 25.9 Å². The van der Waals surface area contributed by atoms with E-state index in [1.165, 1.54) is 20.5 Å². The molecule has 0 amide bonds. The van der Waals surface area contributed by atoms with Gasteiger partial charge in [0.1, 0.15) is 12.2 Å². The summed E-state index contributed by atoms with van der Waals surface area (Å²) in [6.07, 6.45) is 3.25. The molecule has 156 valence electrons. The van der Waals surface area contributed by atoms with Gasteiger partial charge in [-0.2, -0.15) is 0 Å². The number of fused-ring (bicyclic) bond motifs is 1. The van der Waals surface area contributed by atoms with Gasteiger partial charge in [0.05, 0.1) is 26.2 Å². The van der Waals surface area contributed by atoms with Gasteiger partial charge < -0.3 is 14.3 Å². The number of ether oxygens (including phenoxy) is 2. The maximum absolute atomic E-state index is 12.2. The molecule has 30 heavy (non-hydrogen) atoms. The Kier molecular flexibility index (Phi) is 7.63. The summed E-state index contributed by atoms with van der Waals surface area (Å²) in [5, 5.41) is 7.28. The van der Waals surface area contributed by atoms with Crippen molar-refractivity contribution in [2.45, 2.75) is 26.4 Å². The van der Waals surface area contributed by atoms with Crippen molar-refractivity contribution in [2.75, 3.05) is 14.2 Å². The molecule has 0 saturated carbocycles. The van der Waals surface area contributed by atoms with Crippen LogP contribution in [0.4, 0.5) is 0 Å². The van der Waals surface area contributed by atoms with Crippen molar-refractivity contribution in [1.82, 2.24) is 0 Å². The molecule has 1 heterocycles. The highest BCUT2D eigenvalue weighted by Crippen LogP contribution is 2.32. The summed E-state index contributed by atoms with van der Waals surface area (Å²) in [6.45, 7) is 2.46. The highest BCUT2D eigenvalue weighted by Gasteiger charge is 2.17. The Morgan fingerprint density at radius 3 is 2.63 bits per heavy atom. The van der Waals surface area contributed by atoms with Crippen LogP contribution < -0.4 is 0 Å². The maximum atomic E-state index is 12.2. The number of carbonyl (C=O) groups is 1. The van der Waals surface area contributed by atoms with Crippen LogP contribution in [0.1, 0.15) is 36.5 Å². The van der Waals surface area contributed by atoms with Crippen LogP contribution in [0.2, 0.25) is 0 Å². The van der Waals surface area contributed by atoms with Gasteiger partial charge in [0.25, 0.3) is 0 Å². The summed E-state index contributed by atoms with van der Waals surface area (Å²) >= 11 is 1.56. The zero-order valence-electron chi connectivity index (χ0n) is 17.4. The third-order valence-corrected chi connectivity index (χ3v) is 5.53. The molecular formula is C24H25NO4S. The van der Waals surface area contributed by atoms with Crippen LogP contribution in [0.5, 0.6) is 0 Å². The van der Waals surface area contributed by atoms with E-state index in [9.17, 15) is 4.79 Å². The zero-order valence-corrected chi connectivity index (χ0v) is 18.2. The topological polar surface area (TPSA) is 57.1 Å². The van der Waals surface area contributed by atoms with E-state index in [-0.39, 0.29) is 0 Å². The van der Waals surface area contributed by atoms with Gasteiger partial charge in [0, 0.05) is 21.0 Å². The number of hydrogen-bond donors (Lipinski definition) is 0. The molecule has 3 rings (SSSR count). The number of rotatable bonds is 9. The van der Waals surface area contributed by atoms with Crippen molar-refractivity contribution in [3.05, 3.63) is 76.9 Å². The first-order valence-corrected chi connectivity index (χ1v) is 10.6. The molecule has 0 bridgehead atoms. The van der Waals surface area contributed by atoms with Gasteiger partial charge in [0.2, 0.25) is 0 Å². The predicted octanol–water partition coefficient (Wildman–Crippen LogP) is 5.78. The minimum Gasteiger partial charge on any atom is -0.503 e. The summed E-state index contributed by atoms with van der Waals surface area (Å²) < 4.78 is 11.1. The fourth-order valence-electron chi connectivity index (χ4n) is 3.12. The fourth-order valence-corrected chi connectivity index (χ4v) is 4.06. The molecule has 1 aromatic heterocycles. The normalized spacial score (nSPS) is 12.1. The number of carbonyl (C=O) groups excluding carboxylic acids is 1. The maximum Gasteiger partial charge on any atom is 0.341 e. The zero-order chi connectivity index (χ0) is 21.3. The number of hydrogen-bond acceptors (Lipinski definition) is 6. The lowest BCUT2D eigenvalue weighted by Gasteiger charge is -2.07. The van der Waals surface area contributed by atoms with Crippen LogP contribution in [0.25, 0.3) is 15.7 Å². The molecule has 6 heteroatoms. The molecule has 0 spiro atoms. The number of esters is 1. The van der Waals surface area contributed by atoms with Crippen LogP contribution in [0, 0.1) is 0 Å². The first-order valence-electron chi connectivity index (χ1n) is 9.74. The van der Waals surface area contributed by atoms with Crippen molar-refractivity contribution in [2.24, 2.45) is 5.16 Å². The number of nitrogens with zero attached hydrogens (tertiary/aromatic N) is 1. The highest BCUT2D eigenvalue weighted by molar-refractivity contribution is 7.17. The molecule has 0 radical (unpaired) electrons. The number of oxime groups is 1. The van der Waals surface area contributed by atoms with Crippen LogP contribution in [0.3, 0.4) is 0 Å². The predicted molar refractivity (Wildman–Crippen MR) is 122 cm³/mol. The lowest BCUT2D eigenvalue weighted by molar-refractivity contribution is -0.133. The minimum atomic E-state index is -0.435. The molecule has 0 aliphatic carbocycles. The Bertz CT molecular complexity index is 1050. The van der Waals surface area contributed by atoms with E-state index in [4.69, 9.17) is 14.3 Å². The van der Waals surface area contributed by atoms with E-state index in [0.717, 1.165) is 45.3 Å². The van der Waals surface area contributed by atoms with Gasteiger partial charge in [-0.25, -0.2) is 4.79 Å². The first kappa shape index (κ1) is 21.6. The van der Waals surface area contributed by atoms with Crippen LogP contribution >= 0.6 is 11.3 Å². The van der Waals surface area contributed by atoms with E-state index in [2.05, 4.69) is 12.1 Å². The Labute approximate surface area is 180 Å². The lowest BCUT2D eigenvalue weighted by Crippen LogP contribution is -2.04. The average molecular weight is 424 g/mol. The quantitative estimate of drug-likeness (QED) is 0.144. The lowest BCUT2D eigenvalue weighted by atomic mass is 10.0. The largest absolute Gasteiger partial charge is 0.503 e. The van der Waals surface area contributed by atoms with Gasteiger partial charge in [-0.3, -0.25) is 0 Å². The number of thiophene rings is 1. The summed E-state index contributed by atoms with van der Waals surface area (Å²) in [4.78, 5) is 17.9. The molecule has 3 aromatic rings. The highest BCUT2D eigenvalue weighted by atomic mass is 32.1. The second-order valence-electron chi connectivity index (χ2n) is 6.67. The minimum absolute atomic E-state index is 0.340. The summed E-state index contributed by atoms with van der Waals surface area (Å²) in [5.41, 5.74) is 4.15. The van der Waals surface area contributed by atoms with E-state index >= 15 is 0 Å². The molecule has 0 N–H and O–H groups in total. The Morgan fingerprint density at radius 1 is 1.13 bits per heavy atom. The van der Waals surface area contributed by atoms with Crippen molar-refractivity contribution < 1.29 is 19.1 Å². The van der Waals surface area contributed by atoms with Crippen LogP contribution in [0.15, 0.2) is 65.3 Å². The van der Waals surface area contributed by atoms with Crippen molar-refractivity contribution in [3.8, 4) is 0 Å². The van der Waals surface area contributed by atoms with E-state index in [1.807, 2.05) is 53.9 Å². The molecule has 5 nitrogen and oxygen atoms in total. The molecule has 0 aliphatic heterocycles. The molecule has 0 saturated heterocycles. The smallest absolute Gasteiger partial charge is 0.341 e. The van der Waals surface area contributed by atoms with Gasteiger partial charge in [-0.05, 0) is 29.7 Å². The molecule has 0 unspecified atom stereocenters. The monoisotopic (exact) mass is 423 g/mol. The Hall–Kier alpha value is -3.12. The molecule has 2 aromatic carbocycles. The standard InChI is InChI=1S/C24H25NO4S/c1-4-8-22(18-9-6-5-7-10-18)25-29-14-17-11-12-23-19(13-17)21(16-30-23)20(15-27-2)24(26)28-3/h5-7,9-13,15-16H,4,8,14H2,1-3H3. The Morgan fingerprint density at radius 2 is 1.93 bits per heavy atom. The Balaban J connectivity index is 1.83. The summed E-state index contributed by atoms with van der Waals surface area (Å²) in [6, 6.07) is 16.1. The summed E-state index contributed by atoms with van der Waals surface area (Å²) in [7, 11) is 2.87. The first-order chi connectivity index (χ1) is 14.7. The number of benzene rings is 2. The average Bonchev–Trinajstić information content (AvgIpc) is 3.20. The molecular weight excluding hydrogens is 398 g/mol. The van der Waals surface area contributed by atoms with Gasteiger partial charge in [0.15, 0.2) is 0 Å². The number of methoxy groups -OCH3 is 2. The van der Waals surface area contributed by atoms with Gasteiger partial charge >= 0.3 is 5.97 Å². The summed E-state index contributed by atoms with van der Waals surface area (Å²) in [5.74, 6) is -0.435. The third kappa shape index (κ3) is 5.07. The van der Waals surface area contributed by atoms with Crippen molar-refractivity contribution >= 4 is 38.7 Å². The fraction of sp³-hybridized carbons (Fsp3) is 0.250. The SMILES string of the molecule is CCCC(=NOCc1ccc2scc(C(=COC)C(=O)OC)c2c1)c1ccccc1. The molecule has 0 aliphatic rings. The van der Waals surface area contributed by atoms with Crippen molar-refractivity contribution in [3.63, 3.8) is 0 Å². The van der Waals surface area contributed by atoms with E-state index in [0.29, 0.717) is 12.2 Å².